The highest BCUT2D eigenvalue weighted by atomic mass is 79.9. The van der Waals surface area contributed by atoms with Gasteiger partial charge in [-0.2, -0.15) is 5.10 Å². The summed E-state index contributed by atoms with van der Waals surface area (Å²) in [4.78, 5) is 10.2. The molecule has 1 aromatic rings. The molecule has 0 radical (unpaired) electrons. The summed E-state index contributed by atoms with van der Waals surface area (Å²) in [6, 6.07) is 1.08. The van der Waals surface area contributed by atoms with Crippen LogP contribution in [0.15, 0.2) is 20.7 Å². The molecular weight excluding hydrogens is 322 g/mol. The Morgan fingerprint density at radius 3 is 2.74 bits per heavy atom. The van der Waals surface area contributed by atoms with Crippen molar-refractivity contribution in [1.29, 1.82) is 0 Å². The molecule has 0 atom stereocenters. The van der Waals surface area contributed by atoms with Gasteiger partial charge in [-0.05, 0) is 15.9 Å². The Morgan fingerprint density at radius 1 is 1.63 bits per heavy atom. The molecular formula is C9H10BrN5O4. The van der Waals surface area contributed by atoms with Gasteiger partial charge in [0.2, 0.25) is 5.96 Å². The van der Waals surface area contributed by atoms with Gasteiger partial charge in [-0.15, -0.1) is 5.10 Å². The summed E-state index contributed by atoms with van der Waals surface area (Å²) in [6.45, 7) is 0. The number of nitrogens with two attached hydrogens (primary N) is 2. The van der Waals surface area contributed by atoms with Gasteiger partial charge in [-0.1, -0.05) is 0 Å². The van der Waals surface area contributed by atoms with E-state index >= 15 is 0 Å². The van der Waals surface area contributed by atoms with Gasteiger partial charge in [0, 0.05) is 0 Å². The Hall–Kier alpha value is -2.36. The van der Waals surface area contributed by atoms with Crippen molar-refractivity contribution < 1.29 is 14.8 Å². The number of nitro benzene ring substituents is 1. The Balaban J connectivity index is 3.44. The molecule has 0 amide bonds. The first-order chi connectivity index (χ1) is 8.88. The van der Waals surface area contributed by atoms with Gasteiger partial charge in [0.1, 0.15) is 4.47 Å². The number of phenolic OH excluding ortho intramolecular Hbond substituents is 1. The van der Waals surface area contributed by atoms with Crippen LogP contribution in [0.3, 0.4) is 0 Å². The number of rotatable bonds is 4. The normalized spacial score (nSPS) is 10.4. The fraction of sp³-hybridized carbons (Fsp3) is 0.111. The number of ether oxygens (including phenoxy) is 1. The highest BCUT2D eigenvalue weighted by Crippen LogP contribution is 2.40. The lowest BCUT2D eigenvalue weighted by Crippen LogP contribution is -2.21. The maximum atomic E-state index is 10.9. The van der Waals surface area contributed by atoms with Gasteiger partial charge in [0.05, 0.1) is 29.9 Å². The van der Waals surface area contributed by atoms with Crippen molar-refractivity contribution in [2.24, 2.45) is 21.7 Å². The molecule has 0 aliphatic rings. The second kappa shape index (κ2) is 6.00. The molecule has 19 heavy (non-hydrogen) atoms. The number of phenols is 1. The molecule has 0 aliphatic heterocycles. The lowest BCUT2D eigenvalue weighted by Gasteiger charge is -2.08. The van der Waals surface area contributed by atoms with Crippen LogP contribution in [0.4, 0.5) is 5.69 Å². The Kier molecular flexibility index (Phi) is 4.64. The third kappa shape index (κ3) is 3.31. The Morgan fingerprint density at radius 2 is 2.26 bits per heavy atom. The summed E-state index contributed by atoms with van der Waals surface area (Å²) in [5, 5.41) is 27.5. The number of nitrogens with zero attached hydrogens (tertiary/aromatic N) is 3. The second-order valence-electron chi connectivity index (χ2n) is 3.20. The predicted octanol–water partition coefficient (Wildman–Crippen LogP) is 0.679. The first kappa shape index (κ1) is 14.7. The van der Waals surface area contributed by atoms with E-state index < -0.39 is 4.92 Å². The molecule has 0 unspecified atom stereocenters. The van der Waals surface area contributed by atoms with E-state index in [-0.39, 0.29) is 33.2 Å². The molecule has 0 fully saturated rings. The van der Waals surface area contributed by atoms with Gasteiger partial charge in [0.25, 0.3) is 5.69 Å². The van der Waals surface area contributed by atoms with E-state index in [1.807, 2.05) is 0 Å². The molecule has 102 valence electrons. The highest BCUT2D eigenvalue weighted by Gasteiger charge is 2.22. The van der Waals surface area contributed by atoms with Crippen molar-refractivity contribution >= 4 is 33.8 Å². The lowest BCUT2D eigenvalue weighted by atomic mass is 10.1. The van der Waals surface area contributed by atoms with Gasteiger partial charge in [-0.25, -0.2) is 0 Å². The topological polar surface area (TPSA) is 149 Å². The molecule has 0 saturated carbocycles. The molecule has 0 heterocycles. The van der Waals surface area contributed by atoms with Gasteiger partial charge < -0.3 is 21.3 Å². The summed E-state index contributed by atoms with van der Waals surface area (Å²) in [7, 11) is 1.27. The van der Waals surface area contributed by atoms with Crippen LogP contribution >= 0.6 is 15.9 Å². The summed E-state index contributed by atoms with van der Waals surface area (Å²) < 4.78 is 4.87. The maximum absolute atomic E-state index is 10.9. The minimum absolute atomic E-state index is 0.0241. The number of guanidine groups is 1. The molecule has 0 bridgehead atoms. The molecule has 1 rings (SSSR count). The van der Waals surface area contributed by atoms with Crippen LogP contribution in [0.25, 0.3) is 0 Å². The Bertz CT molecular complexity index is 568. The zero-order valence-electron chi connectivity index (χ0n) is 9.70. The summed E-state index contributed by atoms with van der Waals surface area (Å²) >= 11 is 3.00. The van der Waals surface area contributed by atoms with E-state index in [9.17, 15) is 15.2 Å². The van der Waals surface area contributed by atoms with E-state index in [1.165, 1.54) is 7.11 Å². The van der Waals surface area contributed by atoms with Crippen LogP contribution in [0, 0.1) is 10.1 Å². The zero-order chi connectivity index (χ0) is 14.6. The number of hydrogen-bond donors (Lipinski definition) is 3. The molecule has 9 nitrogen and oxygen atoms in total. The molecule has 10 heteroatoms. The van der Waals surface area contributed by atoms with Crippen LogP contribution in [0.1, 0.15) is 5.56 Å². The molecule has 0 spiro atoms. The lowest BCUT2D eigenvalue weighted by molar-refractivity contribution is -0.385. The number of halogens is 1. The number of aromatic hydroxyl groups is 1. The van der Waals surface area contributed by atoms with E-state index in [0.29, 0.717) is 0 Å². The van der Waals surface area contributed by atoms with Crippen LogP contribution in [0.5, 0.6) is 11.5 Å². The van der Waals surface area contributed by atoms with Crippen LogP contribution in [-0.4, -0.2) is 29.3 Å². The first-order valence-electron chi connectivity index (χ1n) is 4.74. The average Bonchev–Trinajstić information content (AvgIpc) is 2.32. The monoisotopic (exact) mass is 331 g/mol. The van der Waals surface area contributed by atoms with Gasteiger partial charge in [0.15, 0.2) is 11.5 Å². The van der Waals surface area contributed by atoms with E-state index in [0.717, 1.165) is 12.3 Å². The highest BCUT2D eigenvalue weighted by molar-refractivity contribution is 9.10. The fourth-order valence-electron chi connectivity index (χ4n) is 1.19. The largest absolute Gasteiger partial charge is 0.504 e. The third-order valence-electron chi connectivity index (χ3n) is 1.99. The van der Waals surface area contributed by atoms with Crippen LogP contribution in [0.2, 0.25) is 0 Å². The second-order valence-corrected chi connectivity index (χ2v) is 3.99. The molecule has 1 aromatic carbocycles. The summed E-state index contributed by atoms with van der Waals surface area (Å²) in [6.07, 6.45) is 1.06. The van der Waals surface area contributed by atoms with E-state index in [4.69, 9.17) is 16.2 Å². The summed E-state index contributed by atoms with van der Waals surface area (Å²) in [5.74, 6) is -0.681. The molecule has 0 saturated heterocycles. The van der Waals surface area contributed by atoms with Crippen molar-refractivity contribution in [1.82, 2.24) is 0 Å². The van der Waals surface area contributed by atoms with Gasteiger partial charge in [-0.3, -0.25) is 10.1 Å². The van der Waals surface area contributed by atoms with Gasteiger partial charge >= 0.3 is 0 Å². The van der Waals surface area contributed by atoms with Crippen LogP contribution in [-0.2, 0) is 0 Å². The number of methoxy groups -OCH3 is 1. The third-order valence-corrected chi connectivity index (χ3v) is 2.83. The van der Waals surface area contributed by atoms with Crippen molar-refractivity contribution in [3.8, 4) is 11.5 Å². The standard InChI is InChI=1S/C9H10BrN5O4/c1-19-6-2-5(15(17)18)7(10)4(8(6)16)3-13-14-9(11)12/h2-3,16H,1H3,(H4,11,12,14). The minimum atomic E-state index is -0.635. The molecule has 5 N–H and O–H groups in total. The first-order valence-corrected chi connectivity index (χ1v) is 5.53. The predicted molar refractivity (Wildman–Crippen MR) is 72.4 cm³/mol. The van der Waals surface area contributed by atoms with Crippen LogP contribution < -0.4 is 16.2 Å². The minimum Gasteiger partial charge on any atom is -0.504 e. The fourth-order valence-corrected chi connectivity index (χ4v) is 1.74. The average molecular weight is 332 g/mol. The van der Waals surface area contributed by atoms with E-state index in [2.05, 4.69) is 26.1 Å². The van der Waals surface area contributed by atoms with Crippen molar-refractivity contribution in [2.45, 2.75) is 0 Å². The molecule has 0 aromatic heterocycles. The maximum Gasteiger partial charge on any atom is 0.288 e. The quantitative estimate of drug-likeness (QED) is 0.319. The smallest absolute Gasteiger partial charge is 0.288 e. The number of nitro groups is 1. The number of benzene rings is 1. The van der Waals surface area contributed by atoms with Crippen molar-refractivity contribution in [3.63, 3.8) is 0 Å². The SMILES string of the molecule is COc1cc([N+](=O)[O-])c(Br)c(C=NN=C(N)N)c1O. The van der Waals surface area contributed by atoms with E-state index in [1.54, 1.807) is 0 Å². The number of hydrogen-bond acceptors (Lipinski definition) is 6. The zero-order valence-corrected chi connectivity index (χ0v) is 11.3. The van der Waals surface area contributed by atoms with Crippen molar-refractivity contribution in [3.05, 3.63) is 26.2 Å². The van der Waals surface area contributed by atoms with Crippen molar-refractivity contribution in [2.75, 3.05) is 7.11 Å². The Labute approximate surface area is 115 Å². The summed E-state index contributed by atoms with van der Waals surface area (Å²) in [5.41, 5.74) is 9.88. The molecule has 0 aliphatic carbocycles.